The Bertz CT molecular complexity index is 880. The summed E-state index contributed by atoms with van der Waals surface area (Å²) in [6, 6.07) is 11.4. The maximum absolute atomic E-state index is 13.0. The van der Waals surface area contributed by atoms with Gasteiger partial charge in [-0.05, 0) is 11.6 Å². The number of benzene rings is 1. The number of carbonyl (C=O) groups is 2. The molecule has 3 atom stereocenters. The predicted octanol–water partition coefficient (Wildman–Crippen LogP) is 1.33. The predicted molar refractivity (Wildman–Crippen MR) is 92.0 cm³/mol. The molecule has 7 nitrogen and oxygen atoms in total. The van der Waals surface area contributed by atoms with Gasteiger partial charge in [0.15, 0.2) is 5.72 Å². The van der Waals surface area contributed by atoms with E-state index < -0.39 is 5.72 Å². The third kappa shape index (κ3) is 2.00. The van der Waals surface area contributed by atoms with E-state index in [1.807, 2.05) is 35.2 Å². The summed E-state index contributed by atoms with van der Waals surface area (Å²) < 4.78 is 8.04. The zero-order valence-corrected chi connectivity index (χ0v) is 14.5. The first-order valence-electron chi connectivity index (χ1n) is 8.92. The van der Waals surface area contributed by atoms with Crippen molar-refractivity contribution >= 4 is 11.8 Å². The molecule has 1 aromatic heterocycles. The minimum atomic E-state index is -0.689. The van der Waals surface area contributed by atoms with Gasteiger partial charge < -0.3 is 14.5 Å². The standard InChI is InChI=1S/C19H20N4O3/c1-21-14(7-9-20-21)18(25)22-10-8-19-16(22)11-17(24)23(19)12-15(26-19)13-5-3-2-4-6-13/h2-7,9,15-16H,8,10-12H2,1H3/t15-,16-,19+/m1/s1. The molecule has 134 valence electrons. The molecule has 1 spiro atoms. The van der Waals surface area contributed by atoms with Crippen LogP contribution >= 0.6 is 0 Å². The van der Waals surface area contributed by atoms with Gasteiger partial charge in [-0.15, -0.1) is 0 Å². The van der Waals surface area contributed by atoms with Gasteiger partial charge in [0.1, 0.15) is 11.8 Å². The van der Waals surface area contributed by atoms with Crippen molar-refractivity contribution in [2.75, 3.05) is 13.1 Å². The van der Waals surface area contributed by atoms with Gasteiger partial charge in [0.2, 0.25) is 5.91 Å². The van der Waals surface area contributed by atoms with Gasteiger partial charge >= 0.3 is 0 Å². The number of rotatable bonds is 2. The molecule has 2 aromatic rings. The van der Waals surface area contributed by atoms with Crippen molar-refractivity contribution in [3.05, 3.63) is 53.9 Å². The third-order valence-electron chi connectivity index (χ3n) is 5.90. The molecule has 0 unspecified atom stereocenters. The second-order valence-corrected chi connectivity index (χ2v) is 7.17. The van der Waals surface area contributed by atoms with E-state index in [4.69, 9.17) is 4.74 Å². The number of hydrogen-bond donors (Lipinski definition) is 0. The van der Waals surface area contributed by atoms with Crippen molar-refractivity contribution in [2.24, 2.45) is 7.05 Å². The molecule has 26 heavy (non-hydrogen) atoms. The lowest BCUT2D eigenvalue weighted by molar-refractivity contribution is -0.138. The Morgan fingerprint density at radius 3 is 2.81 bits per heavy atom. The average molecular weight is 352 g/mol. The van der Waals surface area contributed by atoms with Crippen LogP contribution in [0.15, 0.2) is 42.6 Å². The third-order valence-corrected chi connectivity index (χ3v) is 5.90. The molecule has 1 aromatic carbocycles. The van der Waals surface area contributed by atoms with Gasteiger partial charge in [-0.2, -0.15) is 5.10 Å². The highest BCUT2D eigenvalue weighted by atomic mass is 16.5. The van der Waals surface area contributed by atoms with E-state index >= 15 is 0 Å². The first-order valence-corrected chi connectivity index (χ1v) is 8.92. The first-order chi connectivity index (χ1) is 12.6. The summed E-state index contributed by atoms with van der Waals surface area (Å²) in [4.78, 5) is 29.3. The van der Waals surface area contributed by atoms with Crippen LogP contribution < -0.4 is 0 Å². The zero-order valence-electron chi connectivity index (χ0n) is 14.5. The molecule has 0 saturated carbocycles. The number of nitrogens with zero attached hydrogens (tertiary/aromatic N) is 4. The van der Waals surface area contributed by atoms with Gasteiger partial charge in [-0.3, -0.25) is 14.3 Å². The van der Waals surface area contributed by atoms with Gasteiger partial charge in [0.25, 0.3) is 5.91 Å². The van der Waals surface area contributed by atoms with Crippen LogP contribution in [-0.4, -0.2) is 56.3 Å². The number of hydrogen-bond acceptors (Lipinski definition) is 4. The van der Waals surface area contributed by atoms with Crippen molar-refractivity contribution in [1.29, 1.82) is 0 Å². The van der Waals surface area contributed by atoms with E-state index in [1.165, 1.54) is 0 Å². The number of carbonyl (C=O) groups excluding carboxylic acids is 2. The van der Waals surface area contributed by atoms with Crippen LogP contribution in [0.3, 0.4) is 0 Å². The molecular weight excluding hydrogens is 332 g/mol. The van der Waals surface area contributed by atoms with Crippen LogP contribution in [0.5, 0.6) is 0 Å². The molecule has 0 radical (unpaired) electrons. The molecular formula is C19H20N4O3. The molecule has 3 saturated heterocycles. The minimum Gasteiger partial charge on any atom is -0.343 e. The highest BCUT2D eigenvalue weighted by Gasteiger charge is 2.65. The Balaban J connectivity index is 1.46. The normalized spacial score (nSPS) is 30.0. The highest BCUT2D eigenvalue weighted by molar-refractivity contribution is 5.94. The Hall–Kier alpha value is -2.67. The minimum absolute atomic E-state index is 0.0657. The van der Waals surface area contributed by atoms with Crippen molar-refractivity contribution in [2.45, 2.75) is 30.7 Å². The fraction of sp³-hybridized carbons (Fsp3) is 0.421. The summed E-state index contributed by atoms with van der Waals surface area (Å²) in [6.45, 7) is 1.13. The van der Waals surface area contributed by atoms with E-state index in [9.17, 15) is 9.59 Å². The molecule has 5 rings (SSSR count). The van der Waals surface area contributed by atoms with Crippen molar-refractivity contribution in [3.8, 4) is 0 Å². The number of ether oxygens (including phenoxy) is 1. The second-order valence-electron chi connectivity index (χ2n) is 7.17. The van der Waals surface area contributed by atoms with Crippen LogP contribution in [0.1, 0.15) is 35.0 Å². The monoisotopic (exact) mass is 352 g/mol. The maximum Gasteiger partial charge on any atom is 0.272 e. The molecule has 7 heteroatoms. The van der Waals surface area contributed by atoms with Crippen LogP contribution in [0, 0.1) is 0 Å². The fourth-order valence-corrected chi connectivity index (χ4v) is 4.64. The van der Waals surface area contributed by atoms with Gasteiger partial charge in [0, 0.05) is 26.2 Å². The SMILES string of the molecule is Cn1nccc1C(=O)N1CC[C@@]23O[C@@H](c4ccccc4)CN2C(=O)C[C@@H]13. The summed E-state index contributed by atoms with van der Waals surface area (Å²) in [6.07, 6.45) is 2.44. The number of aromatic nitrogens is 2. The van der Waals surface area contributed by atoms with Crippen LogP contribution in [0.4, 0.5) is 0 Å². The van der Waals surface area contributed by atoms with Crippen molar-refractivity contribution in [1.82, 2.24) is 19.6 Å². The molecule has 2 amide bonds. The Labute approximate surface area is 151 Å². The molecule has 0 aliphatic carbocycles. The van der Waals surface area contributed by atoms with Gasteiger partial charge in [0.05, 0.1) is 19.0 Å². The first kappa shape index (κ1) is 15.6. The lowest BCUT2D eigenvalue weighted by Crippen LogP contribution is -2.49. The smallest absolute Gasteiger partial charge is 0.272 e. The summed E-state index contributed by atoms with van der Waals surface area (Å²) >= 11 is 0. The second kappa shape index (κ2) is 5.41. The highest BCUT2D eigenvalue weighted by Crippen LogP contribution is 2.50. The largest absolute Gasteiger partial charge is 0.343 e. The number of likely N-dealkylation sites (tertiary alicyclic amines) is 1. The number of amides is 2. The summed E-state index contributed by atoms with van der Waals surface area (Å²) in [5.74, 6) is -0.0239. The van der Waals surface area contributed by atoms with Gasteiger partial charge in [-0.25, -0.2) is 0 Å². The summed E-state index contributed by atoms with van der Waals surface area (Å²) in [7, 11) is 1.75. The molecule has 0 N–H and O–H groups in total. The van der Waals surface area contributed by atoms with E-state index in [0.29, 0.717) is 31.6 Å². The quantitative estimate of drug-likeness (QED) is 0.818. The van der Waals surface area contributed by atoms with E-state index in [0.717, 1.165) is 5.56 Å². The fourth-order valence-electron chi connectivity index (χ4n) is 4.64. The summed E-state index contributed by atoms with van der Waals surface area (Å²) in [5, 5.41) is 4.09. The lowest BCUT2D eigenvalue weighted by Gasteiger charge is -2.31. The molecule has 4 heterocycles. The van der Waals surface area contributed by atoms with Gasteiger partial charge in [-0.1, -0.05) is 30.3 Å². The van der Waals surface area contributed by atoms with E-state index in [2.05, 4.69) is 5.10 Å². The van der Waals surface area contributed by atoms with Crippen molar-refractivity contribution < 1.29 is 14.3 Å². The lowest BCUT2D eigenvalue weighted by atomic mass is 10.1. The zero-order chi connectivity index (χ0) is 17.9. The van der Waals surface area contributed by atoms with Crippen LogP contribution in [0.2, 0.25) is 0 Å². The van der Waals surface area contributed by atoms with Crippen LogP contribution in [0.25, 0.3) is 0 Å². The molecule has 3 aliphatic heterocycles. The van der Waals surface area contributed by atoms with Crippen LogP contribution in [-0.2, 0) is 16.6 Å². The van der Waals surface area contributed by atoms with E-state index in [-0.39, 0.29) is 24.0 Å². The average Bonchev–Trinajstić information content (AvgIpc) is 3.37. The Kier molecular flexibility index (Phi) is 3.24. The van der Waals surface area contributed by atoms with E-state index in [1.54, 1.807) is 28.9 Å². The molecule has 3 aliphatic rings. The summed E-state index contributed by atoms with van der Waals surface area (Å²) in [5.41, 5.74) is 0.913. The molecule has 3 fully saturated rings. The molecule has 0 bridgehead atoms. The Morgan fingerprint density at radius 1 is 1.27 bits per heavy atom. The topological polar surface area (TPSA) is 67.7 Å². The van der Waals surface area contributed by atoms with Crippen molar-refractivity contribution in [3.63, 3.8) is 0 Å². The number of aryl methyl sites for hydroxylation is 1. The Morgan fingerprint density at radius 2 is 2.08 bits per heavy atom. The maximum atomic E-state index is 13.0.